The molecule has 0 atom stereocenters. The smallest absolute Gasteiger partial charge is 0.252 e. The Hall–Kier alpha value is -10.9. The van der Waals surface area contributed by atoms with Gasteiger partial charge in [-0.1, -0.05) is 362 Å². The standard InChI is InChI=1S/C128H151BN4/c1-118(2,3)74-80-38-34-42-84(58-80)97-72-111(99(62-88(97)78-122(13,14)15)86-44-36-40-82(60-86)76-120(7,8)9)132-113-70-95(130-107-54-46-90(124(19,20)21)64-101(107)102-65-91(125(22,23)24)47-55-108(102)130)50-52-105(113)129-106-53-51-96(131-109-56-48-92(126(25,26)27)66-103(109)104-67-93(127(28,29)30)49-57-110(104)131)71-114(106)133(116-69-94(128(31,32)33)68-115(132)117(116)129)112-73-98(85-43-35-39-81(59-85)75-119(4,5)6)89(79-123(16,17)18)63-100(112)87-45-37-41-83(61-87)77-121(10,11)12/h34-73H,74-79H2,1-33H3/i74D2,75D2,76D2,77D2,78D2,79D2. The van der Waals surface area contributed by atoms with Gasteiger partial charge in [0.25, 0.3) is 6.71 Å². The van der Waals surface area contributed by atoms with Crippen molar-refractivity contribution in [2.24, 2.45) is 32.5 Å². The monoisotopic (exact) mass is 1770 g/mol. The summed E-state index contributed by atoms with van der Waals surface area (Å²) in [5.41, 5.74) is 18.9. The van der Waals surface area contributed by atoms with Crippen LogP contribution in [-0.4, -0.2) is 15.8 Å². The summed E-state index contributed by atoms with van der Waals surface area (Å²) in [6.07, 6.45) is -11.8. The first-order chi connectivity index (χ1) is 66.4. The molecule has 2 aromatic heterocycles. The molecule has 0 N–H and O–H groups in total. The van der Waals surface area contributed by atoms with E-state index in [1.165, 1.54) is 22.3 Å². The molecule has 15 aromatic rings. The molecule has 0 unspecified atom stereocenters. The average molecular weight is 1770 g/mol. The molecule has 2 aliphatic heterocycles. The van der Waals surface area contributed by atoms with Crippen molar-refractivity contribution >= 4 is 101 Å². The molecule has 13 aromatic carbocycles. The van der Waals surface area contributed by atoms with Gasteiger partial charge >= 0.3 is 0 Å². The lowest BCUT2D eigenvalue weighted by Gasteiger charge is -2.46. The fourth-order valence-corrected chi connectivity index (χ4v) is 20.0. The van der Waals surface area contributed by atoms with E-state index in [2.05, 4.69) is 256 Å². The van der Waals surface area contributed by atoms with Crippen LogP contribution >= 0.6 is 0 Å². The number of aromatic nitrogens is 2. The molecule has 0 fully saturated rings. The zero-order chi connectivity index (χ0) is 107. The SMILES string of the molecule is [2H]C([2H])(c1cccc(-c2cc(C([2H])([2H])C(C)(C)C)c(-c3cccc(C([2H])([2H])C(C)(C)C)c3)cc2N2c3cc(-n4c5ccc(C(C)(C)C)cc5c5cc(C(C)(C)C)ccc54)ccc3B3c4ccc(-n5c6ccc(C(C)(C)C)cc6c6cc(C(C)(C)C)ccc65)cc4N(c4cc(-c5cccc(C([2H])([2H])C(C)(C)C)c5)c(C([2H])([2H])C(C)(C)C)cc4-c4cccc(C([2H])([2H])C(C)(C)C)c4)c4cc(C(C)(C)C)cc2c43)c1)C(C)(C)C. The number of fused-ring (bicyclic) bond motifs is 10. The van der Waals surface area contributed by atoms with Gasteiger partial charge in [-0.15, -0.1) is 0 Å². The minimum Gasteiger partial charge on any atom is -0.311 e. The maximum atomic E-state index is 10.9. The van der Waals surface area contributed by atoms with Crippen LogP contribution in [0.15, 0.2) is 243 Å². The van der Waals surface area contributed by atoms with Crippen LogP contribution in [0.5, 0.6) is 0 Å². The molecule has 0 aliphatic carbocycles. The van der Waals surface area contributed by atoms with E-state index in [9.17, 15) is 16.4 Å². The predicted octanol–water partition coefficient (Wildman–Crippen LogP) is 34.7. The normalized spacial score (nSPS) is 15.9. The first-order valence-electron chi connectivity index (χ1n) is 54.5. The van der Waals surface area contributed by atoms with Crippen LogP contribution < -0.4 is 26.2 Å². The van der Waals surface area contributed by atoms with Crippen LogP contribution in [0.1, 0.15) is 306 Å². The van der Waals surface area contributed by atoms with Crippen molar-refractivity contribution in [3.63, 3.8) is 0 Å². The molecule has 0 amide bonds. The third-order valence-electron chi connectivity index (χ3n) is 26.0. The first-order valence-corrected chi connectivity index (χ1v) is 48.5. The molecule has 0 radical (unpaired) electrons. The highest BCUT2D eigenvalue weighted by molar-refractivity contribution is 7.00. The summed E-state index contributed by atoms with van der Waals surface area (Å²) in [4.78, 5) is 4.86. The Morgan fingerprint density at radius 1 is 0.226 bits per heavy atom. The molecular formula is C128H151BN4. The Labute approximate surface area is 817 Å². The van der Waals surface area contributed by atoms with Crippen molar-refractivity contribution < 1.29 is 16.4 Å². The van der Waals surface area contributed by atoms with Gasteiger partial charge in [0.1, 0.15) is 0 Å². The predicted molar refractivity (Wildman–Crippen MR) is 583 cm³/mol. The summed E-state index contributed by atoms with van der Waals surface area (Å²) in [5, 5.41) is 4.46. The molecule has 5 heteroatoms. The van der Waals surface area contributed by atoms with Gasteiger partial charge in [0.05, 0.1) is 33.4 Å². The van der Waals surface area contributed by atoms with Gasteiger partial charge < -0.3 is 18.9 Å². The summed E-state index contributed by atoms with van der Waals surface area (Å²) in [7, 11) is 0. The van der Waals surface area contributed by atoms with E-state index in [0.717, 1.165) is 99.7 Å². The van der Waals surface area contributed by atoms with E-state index in [4.69, 9.17) is 0 Å². The lowest BCUT2D eigenvalue weighted by molar-refractivity contribution is 0.410. The number of benzene rings is 13. The zero-order valence-corrected chi connectivity index (χ0v) is 86.0. The van der Waals surface area contributed by atoms with Gasteiger partial charge in [-0.3, -0.25) is 0 Å². The molecule has 0 bridgehead atoms. The van der Waals surface area contributed by atoms with Crippen molar-refractivity contribution in [1.29, 1.82) is 0 Å². The van der Waals surface area contributed by atoms with E-state index in [1.54, 1.807) is 0 Å². The molecule has 686 valence electrons. The van der Waals surface area contributed by atoms with Crippen molar-refractivity contribution in [2.75, 3.05) is 9.80 Å². The third-order valence-corrected chi connectivity index (χ3v) is 26.0. The van der Waals surface area contributed by atoms with Gasteiger partial charge in [0, 0.05) is 83.2 Å². The first kappa shape index (κ1) is 79.5. The highest BCUT2D eigenvalue weighted by Crippen LogP contribution is 2.55. The second-order valence-corrected chi connectivity index (χ2v) is 49.8. The molecule has 2 aliphatic rings. The van der Waals surface area contributed by atoms with Gasteiger partial charge in [-0.25, -0.2) is 0 Å². The molecular weight excluding hydrogens is 1600 g/mol. The van der Waals surface area contributed by atoms with Crippen molar-refractivity contribution in [1.82, 2.24) is 9.13 Å². The molecule has 4 heterocycles. The lowest BCUT2D eigenvalue weighted by Crippen LogP contribution is -2.61. The largest absolute Gasteiger partial charge is 0.311 e. The number of nitrogens with zero attached hydrogens (tertiary/aromatic N) is 4. The number of hydrogen-bond donors (Lipinski definition) is 0. The third kappa shape index (κ3) is 19.2. The van der Waals surface area contributed by atoms with Crippen molar-refractivity contribution in [3.05, 3.63) is 304 Å². The number of hydrogen-bond acceptors (Lipinski definition) is 2. The van der Waals surface area contributed by atoms with Gasteiger partial charge in [0.2, 0.25) is 0 Å². The Morgan fingerprint density at radius 3 is 0.744 bits per heavy atom. The fraction of sp³-hybridized carbons (Fsp3) is 0.391. The minimum atomic E-state index is -2.12. The summed E-state index contributed by atoms with van der Waals surface area (Å²) in [6, 6.07) is 85.9. The Morgan fingerprint density at radius 2 is 0.489 bits per heavy atom. The van der Waals surface area contributed by atoms with Crippen molar-refractivity contribution in [2.45, 2.75) is 294 Å². The lowest BCUT2D eigenvalue weighted by atomic mass is 9.33. The molecule has 0 saturated heterocycles. The topological polar surface area (TPSA) is 16.3 Å². The van der Waals surface area contributed by atoms with E-state index in [-0.39, 0.29) is 21.7 Å². The van der Waals surface area contributed by atoms with E-state index in [0.29, 0.717) is 89.3 Å². The molecule has 133 heavy (non-hydrogen) atoms. The Bertz CT molecular complexity index is 7140. The fourth-order valence-electron chi connectivity index (χ4n) is 20.0. The van der Waals surface area contributed by atoms with Gasteiger partial charge in [-0.05, 0) is 318 Å². The number of rotatable bonds is 14. The number of anilines is 6. The van der Waals surface area contributed by atoms with E-state index >= 15 is 0 Å². The quantitative estimate of drug-likeness (QED) is 0.101. The summed E-state index contributed by atoms with van der Waals surface area (Å²) < 4.78 is 130. The van der Waals surface area contributed by atoms with Crippen LogP contribution in [0.2, 0.25) is 0 Å². The van der Waals surface area contributed by atoms with Crippen LogP contribution in [0.25, 0.3) is 99.5 Å². The molecule has 17 rings (SSSR count). The second kappa shape index (κ2) is 33.0. The van der Waals surface area contributed by atoms with Gasteiger partial charge in [-0.2, -0.15) is 0 Å². The summed E-state index contributed by atoms with van der Waals surface area (Å²) >= 11 is 0. The van der Waals surface area contributed by atoms with E-state index < -0.39 is 82.9 Å². The average Bonchev–Trinajstić information content (AvgIpc) is 1.00. The van der Waals surface area contributed by atoms with Crippen LogP contribution in [0.3, 0.4) is 0 Å². The molecule has 0 spiro atoms. The molecule has 0 saturated carbocycles. The van der Waals surface area contributed by atoms with Crippen LogP contribution in [0.4, 0.5) is 34.1 Å². The second-order valence-electron chi connectivity index (χ2n) is 49.8. The summed E-state index contributed by atoms with van der Waals surface area (Å²) in [5.74, 6) is 0. The van der Waals surface area contributed by atoms with E-state index in [1.807, 2.05) is 234 Å². The highest BCUT2D eigenvalue weighted by Gasteiger charge is 2.47. The maximum Gasteiger partial charge on any atom is 0.252 e. The maximum absolute atomic E-state index is 10.9. The Kier molecular flexibility index (Phi) is 19.7. The van der Waals surface area contributed by atoms with Crippen LogP contribution in [-0.2, 0) is 65.3 Å². The Balaban J connectivity index is 1.13. The zero-order valence-electron chi connectivity index (χ0n) is 98.0. The minimum absolute atomic E-state index is 0.203. The highest BCUT2D eigenvalue weighted by atomic mass is 15.2. The summed E-state index contributed by atoms with van der Waals surface area (Å²) in [6.45, 7) is 68.0. The van der Waals surface area contributed by atoms with Gasteiger partial charge in [0.15, 0.2) is 0 Å². The molecule has 4 nitrogen and oxygen atoms in total. The van der Waals surface area contributed by atoms with Crippen LogP contribution in [0, 0.1) is 32.5 Å². The van der Waals surface area contributed by atoms with Crippen molar-refractivity contribution in [3.8, 4) is 55.9 Å².